The predicted molar refractivity (Wildman–Crippen MR) is 150 cm³/mol. The summed E-state index contributed by atoms with van der Waals surface area (Å²) in [4.78, 5) is 23.3. The molecular formula is C29H58N4O2. The lowest BCUT2D eigenvalue weighted by atomic mass is 9.71. The number of rotatable bonds is 13. The van der Waals surface area contributed by atoms with Crippen LogP contribution in [-0.4, -0.2) is 38.0 Å². The molecule has 0 heterocycles. The fourth-order valence-corrected chi connectivity index (χ4v) is 5.03. The van der Waals surface area contributed by atoms with Crippen LogP contribution in [-0.2, 0) is 9.59 Å². The molecule has 0 aromatic carbocycles. The van der Waals surface area contributed by atoms with E-state index < -0.39 is 0 Å². The maximum atomic E-state index is 12.0. The van der Waals surface area contributed by atoms with E-state index in [2.05, 4.69) is 31.4 Å². The molecule has 6 nitrogen and oxygen atoms in total. The Morgan fingerprint density at radius 3 is 1.89 bits per heavy atom. The first-order valence-corrected chi connectivity index (χ1v) is 14.6. The molecule has 0 saturated heterocycles. The van der Waals surface area contributed by atoms with Crippen LogP contribution in [0.4, 0.5) is 0 Å². The van der Waals surface area contributed by atoms with Crippen molar-refractivity contribution in [3.63, 3.8) is 0 Å². The van der Waals surface area contributed by atoms with Gasteiger partial charge in [0.1, 0.15) is 0 Å². The number of nitrogens with one attached hydrogen (secondary N) is 2. The van der Waals surface area contributed by atoms with Crippen LogP contribution in [0.3, 0.4) is 0 Å². The molecule has 2 aliphatic carbocycles. The summed E-state index contributed by atoms with van der Waals surface area (Å²) in [5.74, 6) is 1.71. The Balaban J connectivity index is 0.000000720. The van der Waals surface area contributed by atoms with Crippen LogP contribution >= 0.6 is 0 Å². The van der Waals surface area contributed by atoms with Gasteiger partial charge in [0.25, 0.3) is 0 Å². The van der Waals surface area contributed by atoms with E-state index in [1.165, 1.54) is 32.1 Å². The van der Waals surface area contributed by atoms with E-state index in [4.69, 9.17) is 11.5 Å². The smallest absolute Gasteiger partial charge is 0.237 e. The van der Waals surface area contributed by atoms with Gasteiger partial charge in [-0.2, -0.15) is 0 Å². The minimum absolute atomic E-state index is 0.0339. The highest BCUT2D eigenvalue weighted by atomic mass is 16.2. The first kappa shape index (κ1) is 33.6. The molecule has 206 valence electrons. The minimum Gasteiger partial charge on any atom is -0.369 e. The van der Waals surface area contributed by atoms with Gasteiger partial charge in [-0.05, 0) is 44.7 Å². The van der Waals surface area contributed by atoms with Crippen molar-refractivity contribution >= 4 is 11.8 Å². The third kappa shape index (κ3) is 16.8. The zero-order valence-corrected chi connectivity index (χ0v) is 23.5. The van der Waals surface area contributed by atoms with Crippen LogP contribution < -0.4 is 22.1 Å². The molecule has 6 heteroatoms. The van der Waals surface area contributed by atoms with Crippen LogP contribution in [0.2, 0.25) is 0 Å². The number of unbranched alkanes of at least 4 members (excludes halogenated alkanes) is 2. The highest BCUT2D eigenvalue weighted by molar-refractivity contribution is 5.82. The summed E-state index contributed by atoms with van der Waals surface area (Å²) in [6.45, 7) is 7.38. The average Bonchev–Trinajstić information content (AvgIpc) is 2.87. The van der Waals surface area contributed by atoms with Crippen molar-refractivity contribution in [2.24, 2.45) is 29.2 Å². The predicted octanol–water partition coefficient (Wildman–Crippen LogP) is 5.45. The minimum atomic E-state index is -0.314. The van der Waals surface area contributed by atoms with E-state index in [9.17, 15) is 9.59 Å². The van der Waals surface area contributed by atoms with Crippen molar-refractivity contribution in [3.05, 3.63) is 12.2 Å². The summed E-state index contributed by atoms with van der Waals surface area (Å²) in [5.41, 5.74) is 10.8. The van der Waals surface area contributed by atoms with Crippen LogP contribution in [0.5, 0.6) is 0 Å². The molecular weight excluding hydrogens is 436 g/mol. The van der Waals surface area contributed by atoms with Gasteiger partial charge in [-0.15, -0.1) is 0 Å². The third-order valence-electron chi connectivity index (χ3n) is 7.07. The van der Waals surface area contributed by atoms with Crippen LogP contribution in [0.25, 0.3) is 0 Å². The molecule has 2 fully saturated rings. The molecule has 2 atom stereocenters. The summed E-state index contributed by atoms with van der Waals surface area (Å²) >= 11 is 0. The van der Waals surface area contributed by atoms with Crippen LogP contribution in [0, 0.1) is 17.8 Å². The lowest BCUT2D eigenvalue weighted by Crippen LogP contribution is -2.42. The molecule has 0 aromatic heterocycles. The summed E-state index contributed by atoms with van der Waals surface area (Å²) < 4.78 is 0. The van der Waals surface area contributed by atoms with Gasteiger partial charge in [0.2, 0.25) is 11.8 Å². The maximum Gasteiger partial charge on any atom is 0.237 e. The van der Waals surface area contributed by atoms with E-state index in [1.807, 2.05) is 0 Å². The van der Waals surface area contributed by atoms with Gasteiger partial charge in [0.15, 0.2) is 0 Å². The van der Waals surface area contributed by atoms with Gasteiger partial charge in [-0.1, -0.05) is 110 Å². The summed E-state index contributed by atoms with van der Waals surface area (Å²) in [7, 11) is 1.77. The van der Waals surface area contributed by atoms with Gasteiger partial charge in [-0.25, -0.2) is 0 Å². The van der Waals surface area contributed by atoms with Crippen LogP contribution in [0.15, 0.2) is 12.2 Å². The lowest BCUT2D eigenvalue weighted by molar-refractivity contribution is -0.123. The van der Waals surface area contributed by atoms with Gasteiger partial charge in [-0.3, -0.25) is 9.59 Å². The fraction of sp³-hybridized carbons (Fsp3) is 0.862. The van der Waals surface area contributed by atoms with Crippen LogP contribution in [0.1, 0.15) is 117 Å². The quantitative estimate of drug-likeness (QED) is 0.201. The zero-order valence-electron chi connectivity index (χ0n) is 23.5. The van der Waals surface area contributed by atoms with E-state index in [0.29, 0.717) is 13.1 Å². The maximum absolute atomic E-state index is 12.0. The molecule has 0 aliphatic heterocycles. The third-order valence-corrected chi connectivity index (χ3v) is 7.07. The van der Waals surface area contributed by atoms with Gasteiger partial charge < -0.3 is 22.1 Å². The molecule has 0 aromatic rings. The standard InChI is InChI=1S/C16H32N4O2.C10H18.C3H8/c1-3-4-8-13(15(18)21)9-7-12-20-16(22)14(19-2)10-5-6-11-17;1-2-6-10-8-4-3-7-9(10)5-1;1-3-2/h7,9,13-14,19H,3-6,8,10-12,17H2,1-2H3,(H2,18,21)(H,20,22);9-10H,1-8H2;3H2,1-2H3/b9-7+;;/t13-,14+;;/m1../s1. The normalized spacial score (nSPS) is 20.9. The summed E-state index contributed by atoms with van der Waals surface area (Å²) in [5, 5.41) is 5.84. The Kier molecular flexibility index (Phi) is 22.1. The van der Waals surface area contributed by atoms with Crippen molar-refractivity contribution in [3.8, 4) is 0 Å². The number of nitrogens with two attached hydrogens (primary N) is 2. The van der Waals surface area contributed by atoms with Crippen molar-refractivity contribution in [1.29, 1.82) is 0 Å². The van der Waals surface area contributed by atoms with E-state index in [1.54, 1.807) is 44.9 Å². The van der Waals surface area contributed by atoms with Gasteiger partial charge in [0, 0.05) is 6.54 Å². The largest absolute Gasteiger partial charge is 0.369 e. The Hall–Kier alpha value is -1.40. The Morgan fingerprint density at radius 2 is 1.46 bits per heavy atom. The first-order chi connectivity index (χ1) is 16.9. The number of primary amides is 1. The van der Waals surface area contributed by atoms with Gasteiger partial charge >= 0.3 is 0 Å². The summed E-state index contributed by atoms with van der Waals surface area (Å²) in [6, 6.07) is -0.202. The average molecular weight is 495 g/mol. The van der Waals surface area contributed by atoms with E-state index >= 15 is 0 Å². The molecule has 2 rings (SSSR count). The lowest BCUT2D eigenvalue weighted by Gasteiger charge is -2.35. The molecule has 0 unspecified atom stereocenters. The number of likely N-dealkylation sites (N-methyl/N-ethyl adjacent to an activating group) is 1. The fourth-order valence-electron chi connectivity index (χ4n) is 5.03. The number of hydrogen-bond acceptors (Lipinski definition) is 4. The second-order valence-corrected chi connectivity index (χ2v) is 10.2. The van der Waals surface area contributed by atoms with Crippen molar-refractivity contribution in [1.82, 2.24) is 10.6 Å². The second kappa shape index (κ2) is 23.0. The Labute approximate surface area is 216 Å². The highest BCUT2D eigenvalue weighted by Crippen LogP contribution is 2.40. The molecule has 2 amide bonds. The van der Waals surface area contributed by atoms with E-state index in [0.717, 1.165) is 50.4 Å². The number of carbonyl (C=O) groups is 2. The van der Waals surface area contributed by atoms with Crippen molar-refractivity contribution in [2.45, 2.75) is 123 Å². The topological polar surface area (TPSA) is 110 Å². The summed E-state index contributed by atoms with van der Waals surface area (Å²) in [6.07, 6.45) is 22.6. The molecule has 35 heavy (non-hydrogen) atoms. The molecule has 0 bridgehead atoms. The van der Waals surface area contributed by atoms with Gasteiger partial charge in [0.05, 0.1) is 12.0 Å². The second-order valence-electron chi connectivity index (χ2n) is 10.2. The molecule has 6 N–H and O–H groups in total. The zero-order chi connectivity index (χ0) is 26.3. The highest BCUT2D eigenvalue weighted by Gasteiger charge is 2.26. The number of carbonyl (C=O) groups excluding carboxylic acids is 2. The SMILES string of the molecule is C1CCC2CCCCC2C1.CCC.CCCC[C@H](/C=C/CNC(=O)[C@H](CCCCN)NC)C(N)=O. The molecule has 0 spiro atoms. The monoisotopic (exact) mass is 494 g/mol. The molecule has 2 saturated carbocycles. The Morgan fingerprint density at radius 1 is 0.914 bits per heavy atom. The first-order valence-electron chi connectivity index (χ1n) is 14.6. The Bertz CT molecular complexity index is 527. The number of fused-ring (bicyclic) bond motifs is 1. The number of hydrogen-bond donors (Lipinski definition) is 4. The molecule has 0 radical (unpaired) electrons. The van der Waals surface area contributed by atoms with Crippen molar-refractivity contribution < 1.29 is 9.59 Å². The number of amides is 2. The van der Waals surface area contributed by atoms with E-state index in [-0.39, 0.29) is 23.8 Å². The molecule has 2 aliphatic rings. The van der Waals surface area contributed by atoms with Crippen molar-refractivity contribution in [2.75, 3.05) is 20.1 Å².